The van der Waals surface area contributed by atoms with Crippen molar-refractivity contribution in [2.24, 2.45) is 0 Å². The van der Waals surface area contributed by atoms with Crippen LogP contribution in [0.25, 0.3) is 0 Å². The highest BCUT2D eigenvalue weighted by atomic mass is 15.2. The molecule has 3 heterocycles. The molecule has 6 heteroatoms. The number of nitrogens with two attached hydrogens (primary N) is 1. The molecule has 0 saturated heterocycles. The van der Waals surface area contributed by atoms with Crippen LogP contribution in [-0.2, 0) is 19.5 Å². The van der Waals surface area contributed by atoms with Crippen LogP contribution in [0.4, 0.5) is 17.6 Å². The molecule has 0 fully saturated rings. The van der Waals surface area contributed by atoms with Gasteiger partial charge in [-0.05, 0) is 30.5 Å². The fourth-order valence-electron chi connectivity index (χ4n) is 3.24. The highest BCUT2D eigenvalue weighted by molar-refractivity contribution is 5.51. The molecule has 0 unspecified atom stereocenters. The number of nitrogens with zero attached hydrogens (tertiary/aromatic N) is 4. The van der Waals surface area contributed by atoms with E-state index in [1.54, 1.807) is 6.20 Å². The molecule has 0 radical (unpaired) electrons. The average molecular weight is 346 g/mol. The number of aryl methyl sites for hydroxylation is 1. The number of aromatic nitrogens is 3. The standard InChI is InChI=1S/C20H22N6/c1-14-11-23-20(25-18(14)21)24-12-16-7-4-9-22-19(16)26-10-8-15-5-2-3-6-17(15)13-26/h2-7,9,11H,8,10,12-13H2,1H3,(H3,21,23,24,25). The van der Waals surface area contributed by atoms with Gasteiger partial charge < -0.3 is 16.0 Å². The number of pyridine rings is 1. The Hall–Kier alpha value is -3.15. The maximum absolute atomic E-state index is 5.87. The van der Waals surface area contributed by atoms with Crippen molar-refractivity contribution in [1.82, 2.24) is 15.0 Å². The zero-order chi connectivity index (χ0) is 17.9. The molecular formula is C20H22N6. The van der Waals surface area contributed by atoms with E-state index in [1.807, 2.05) is 19.2 Å². The van der Waals surface area contributed by atoms with Gasteiger partial charge in [0.1, 0.15) is 11.6 Å². The van der Waals surface area contributed by atoms with Crippen molar-refractivity contribution in [3.05, 3.63) is 71.0 Å². The van der Waals surface area contributed by atoms with Crippen LogP contribution in [0.2, 0.25) is 0 Å². The predicted molar refractivity (Wildman–Crippen MR) is 104 cm³/mol. The summed E-state index contributed by atoms with van der Waals surface area (Å²) >= 11 is 0. The molecule has 132 valence electrons. The Morgan fingerprint density at radius 1 is 1.12 bits per heavy atom. The first-order valence-electron chi connectivity index (χ1n) is 8.79. The van der Waals surface area contributed by atoms with Crippen molar-refractivity contribution in [1.29, 1.82) is 0 Å². The Kier molecular flexibility index (Phi) is 4.39. The Morgan fingerprint density at radius 2 is 1.96 bits per heavy atom. The van der Waals surface area contributed by atoms with Gasteiger partial charge in [-0.2, -0.15) is 4.98 Å². The molecule has 4 rings (SSSR count). The lowest BCUT2D eigenvalue weighted by Gasteiger charge is -2.31. The van der Waals surface area contributed by atoms with Gasteiger partial charge in [-0.25, -0.2) is 9.97 Å². The van der Waals surface area contributed by atoms with Crippen LogP contribution in [0.1, 0.15) is 22.3 Å². The van der Waals surface area contributed by atoms with E-state index in [1.165, 1.54) is 11.1 Å². The summed E-state index contributed by atoms with van der Waals surface area (Å²) in [6.45, 7) is 4.35. The summed E-state index contributed by atoms with van der Waals surface area (Å²) in [6.07, 6.45) is 4.62. The minimum atomic E-state index is 0.501. The number of hydrogen-bond acceptors (Lipinski definition) is 6. The summed E-state index contributed by atoms with van der Waals surface area (Å²) < 4.78 is 0. The molecule has 1 aliphatic heterocycles. The molecule has 3 N–H and O–H groups in total. The number of anilines is 3. The normalized spacial score (nSPS) is 13.3. The van der Waals surface area contributed by atoms with E-state index in [2.05, 4.69) is 55.5 Å². The molecule has 1 aliphatic rings. The van der Waals surface area contributed by atoms with E-state index in [0.717, 1.165) is 36.5 Å². The highest BCUT2D eigenvalue weighted by Crippen LogP contribution is 2.26. The fraction of sp³-hybridized carbons (Fsp3) is 0.250. The third-order valence-electron chi connectivity index (χ3n) is 4.75. The smallest absolute Gasteiger partial charge is 0.224 e. The first-order valence-corrected chi connectivity index (χ1v) is 8.79. The van der Waals surface area contributed by atoms with E-state index < -0.39 is 0 Å². The van der Waals surface area contributed by atoms with E-state index in [-0.39, 0.29) is 0 Å². The van der Waals surface area contributed by atoms with Crippen LogP contribution >= 0.6 is 0 Å². The molecule has 0 spiro atoms. The van der Waals surface area contributed by atoms with Crippen molar-refractivity contribution >= 4 is 17.6 Å². The number of benzene rings is 1. The van der Waals surface area contributed by atoms with Gasteiger partial charge in [-0.1, -0.05) is 30.3 Å². The van der Waals surface area contributed by atoms with Crippen molar-refractivity contribution < 1.29 is 0 Å². The predicted octanol–water partition coefficient (Wildman–Crippen LogP) is 2.94. The molecule has 3 aromatic rings. The molecule has 0 amide bonds. The summed E-state index contributed by atoms with van der Waals surface area (Å²) in [6, 6.07) is 12.7. The molecule has 6 nitrogen and oxygen atoms in total. The van der Waals surface area contributed by atoms with Gasteiger partial charge in [0.2, 0.25) is 5.95 Å². The van der Waals surface area contributed by atoms with Crippen LogP contribution in [-0.4, -0.2) is 21.5 Å². The lowest BCUT2D eigenvalue weighted by molar-refractivity contribution is 0.716. The minimum Gasteiger partial charge on any atom is -0.383 e. The number of hydrogen-bond donors (Lipinski definition) is 2. The monoisotopic (exact) mass is 346 g/mol. The van der Waals surface area contributed by atoms with Crippen molar-refractivity contribution in [3.8, 4) is 0 Å². The highest BCUT2D eigenvalue weighted by Gasteiger charge is 2.19. The third-order valence-corrected chi connectivity index (χ3v) is 4.75. The largest absolute Gasteiger partial charge is 0.383 e. The molecule has 0 bridgehead atoms. The Labute approximate surface area is 153 Å². The summed E-state index contributed by atoms with van der Waals surface area (Å²) in [5, 5.41) is 3.26. The van der Waals surface area contributed by atoms with E-state index in [4.69, 9.17) is 5.73 Å². The van der Waals surface area contributed by atoms with Crippen molar-refractivity contribution in [2.45, 2.75) is 26.4 Å². The maximum atomic E-state index is 5.87. The Bertz CT molecular complexity index is 924. The Morgan fingerprint density at radius 3 is 2.81 bits per heavy atom. The van der Waals surface area contributed by atoms with E-state index >= 15 is 0 Å². The molecule has 0 aliphatic carbocycles. The molecule has 1 aromatic carbocycles. The van der Waals surface area contributed by atoms with Gasteiger partial charge in [-0.3, -0.25) is 0 Å². The van der Waals surface area contributed by atoms with E-state index in [9.17, 15) is 0 Å². The van der Waals surface area contributed by atoms with Crippen LogP contribution in [0.15, 0.2) is 48.8 Å². The van der Waals surface area contributed by atoms with Crippen LogP contribution in [0, 0.1) is 6.92 Å². The van der Waals surface area contributed by atoms with Gasteiger partial charge in [0.25, 0.3) is 0 Å². The second-order valence-corrected chi connectivity index (χ2v) is 6.54. The zero-order valence-electron chi connectivity index (χ0n) is 14.8. The Balaban J connectivity index is 1.53. The second kappa shape index (κ2) is 7.00. The summed E-state index contributed by atoms with van der Waals surface area (Å²) in [5.41, 5.74) is 10.7. The summed E-state index contributed by atoms with van der Waals surface area (Å²) in [5.74, 6) is 2.04. The van der Waals surface area contributed by atoms with Gasteiger partial charge in [-0.15, -0.1) is 0 Å². The number of rotatable bonds is 4. The first-order chi connectivity index (χ1) is 12.7. The molecule has 26 heavy (non-hydrogen) atoms. The molecular weight excluding hydrogens is 324 g/mol. The lowest BCUT2D eigenvalue weighted by atomic mass is 9.99. The number of nitrogens with one attached hydrogen (secondary N) is 1. The number of fused-ring (bicyclic) bond motifs is 1. The van der Waals surface area contributed by atoms with E-state index in [0.29, 0.717) is 18.3 Å². The topological polar surface area (TPSA) is 80.0 Å². The van der Waals surface area contributed by atoms with Gasteiger partial charge >= 0.3 is 0 Å². The molecule has 2 aromatic heterocycles. The van der Waals surface area contributed by atoms with Crippen LogP contribution in [0.5, 0.6) is 0 Å². The first kappa shape index (κ1) is 16.3. The number of nitrogen functional groups attached to an aromatic ring is 1. The second-order valence-electron chi connectivity index (χ2n) is 6.54. The molecule has 0 saturated carbocycles. The van der Waals surface area contributed by atoms with Gasteiger partial charge in [0, 0.05) is 43.2 Å². The third kappa shape index (κ3) is 3.31. The van der Waals surface area contributed by atoms with Gasteiger partial charge in [0.05, 0.1) is 0 Å². The SMILES string of the molecule is Cc1cnc(NCc2cccnc2N2CCc3ccccc3C2)nc1N. The maximum Gasteiger partial charge on any atom is 0.224 e. The minimum absolute atomic E-state index is 0.501. The summed E-state index contributed by atoms with van der Waals surface area (Å²) in [4.78, 5) is 15.5. The zero-order valence-corrected chi connectivity index (χ0v) is 14.8. The van der Waals surface area contributed by atoms with Crippen molar-refractivity contribution in [2.75, 3.05) is 22.5 Å². The average Bonchev–Trinajstić information content (AvgIpc) is 2.69. The van der Waals surface area contributed by atoms with Crippen LogP contribution < -0.4 is 16.0 Å². The summed E-state index contributed by atoms with van der Waals surface area (Å²) in [7, 11) is 0. The van der Waals surface area contributed by atoms with Gasteiger partial charge in [0.15, 0.2) is 0 Å². The molecule has 0 atom stereocenters. The quantitative estimate of drug-likeness (QED) is 0.756. The lowest BCUT2D eigenvalue weighted by Crippen LogP contribution is -2.32. The van der Waals surface area contributed by atoms with Crippen LogP contribution in [0.3, 0.4) is 0 Å². The fourth-order valence-corrected chi connectivity index (χ4v) is 3.24. The van der Waals surface area contributed by atoms with Crippen molar-refractivity contribution in [3.63, 3.8) is 0 Å².